The van der Waals surface area contributed by atoms with Crippen LogP contribution >= 0.6 is 11.5 Å². The van der Waals surface area contributed by atoms with Crippen molar-refractivity contribution in [3.05, 3.63) is 59.7 Å². The van der Waals surface area contributed by atoms with E-state index in [1.807, 2.05) is 69.3 Å². The number of hydrogen-bond acceptors (Lipinski definition) is 6. The number of rotatable bonds is 6. The van der Waals surface area contributed by atoms with Crippen LogP contribution in [-0.2, 0) is 0 Å². The Morgan fingerprint density at radius 3 is 2.59 bits per heavy atom. The molecule has 0 aliphatic rings. The fourth-order valence-corrected chi connectivity index (χ4v) is 3.26. The van der Waals surface area contributed by atoms with Gasteiger partial charge in [-0.2, -0.15) is 4.37 Å². The molecule has 3 aromatic rings. The number of nitrogens with one attached hydrogen (secondary N) is 3. The second kappa shape index (κ2) is 8.09. The Bertz CT molecular complexity index is 938. The smallest absolute Gasteiger partial charge is 0.236 e. The second-order valence-electron chi connectivity index (χ2n) is 6.40. The number of aryl methyl sites for hydroxylation is 1. The highest BCUT2D eigenvalue weighted by atomic mass is 32.1. The largest absolute Gasteiger partial charge is 0.492 e. The fraction of sp³-hybridized carbons (Fsp3) is 0.200. The molecule has 4 N–H and O–H groups in total. The van der Waals surface area contributed by atoms with Crippen molar-refractivity contribution >= 4 is 28.1 Å². The second-order valence-corrected chi connectivity index (χ2v) is 7.18. The molecule has 0 radical (unpaired) electrons. The van der Waals surface area contributed by atoms with E-state index in [1.165, 1.54) is 0 Å². The third-order valence-electron chi connectivity index (χ3n) is 3.76. The average Bonchev–Trinajstić information content (AvgIpc) is 2.98. The summed E-state index contributed by atoms with van der Waals surface area (Å²) >= 11 is 1.12. The predicted molar refractivity (Wildman–Crippen MR) is 110 cm³/mol. The van der Waals surface area contributed by atoms with Crippen molar-refractivity contribution in [3.63, 3.8) is 0 Å². The standard InChI is InChI=1S/C20H22N4O2S/c1-12(2)22-18(21)17-19(25)24-27-20(17)23-14-9-10-16(13(3)11-14)26-15-7-5-4-6-8-15/h4-12,23H,1-3H3,(H2,21,22)(H,24,25). The summed E-state index contributed by atoms with van der Waals surface area (Å²) in [6.07, 6.45) is 0. The van der Waals surface area contributed by atoms with Crippen LogP contribution in [0.4, 0.5) is 10.7 Å². The third kappa shape index (κ3) is 4.57. The van der Waals surface area contributed by atoms with Crippen LogP contribution in [0.25, 0.3) is 0 Å². The molecule has 140 valence electrons. The van der Waals surface area contributed by atoms with Crippen LogP contribution in [-0.4, -0.2) is 21.4 Å². The molecule has 2 aromatic carbocycles. The Morgan fingerprint density at radius 1 is 1.19 bits per heavy atom. The molecule has 0 amide bonds. The fourth-order valence-electron chi connectivity index (χ4n) is 2.54. The molecule has 0 spiro atoms. The molecule has 7 heteroatoms. The Labute approximate surface area is 162 Å². The van der Waals surface area contributed by atoms with Gasteiger partial charge in [-0.1, -0.05) is 18.2 Å². The van der Waals surface area contributed by atoms with E-state index in [1.54, 1.807) is 0 Å². The lowest BCUT2D eigenvalue weighted by molar-refractivity contribution is 0.458. The normalized spacial score (nSPS) is 10.7. The van der Waals surface area contributed by atoms with Crippen molar-refractivity contribution in [2.75, 3.05) is 5.32 Å². The summed E-state index contributed by atoms with van der Waals surface area (Å²) < 4.78 is 9.87. The number of para-hydroxylation sites is 1. The molecular weight excluding hydrogens is 360 g/mol. The van der Waals surface area contributed by atoms with E-state index in [9.17, 15) is 5.11 Å². The van der Waals surface area contributed by atoms with Gasteiger partial charge in [0.25, 0.3) is 0 Å². The molecule has 6 nitrogen and oxygen atoms in total. The van der Waals surface area contributed by atoms with Crippen molar-refractivity contribution in [1.29, 1.82) is 5.41 Å². The summed E-state index contributed by atoms with van der Waals surface area (Å²) in [7, 11) is 0. The molecular formula is C20H22N4O2S. The Balaban J connectivity index is 1.79. The van der Waals surface area contributed by atoms with Gasteiger partial charge in [-0.3, -0.25) is 5.41 Å². The number of nitrogens with zero attached hydrogens (tertiary/aromatic N) is 1. The van der Waals surface area contributed by atoms with Crippen LogP contribution in [0.2, 0.25) is 0 Å². The van der Waals surface area contributed by atoms with Gasteiger partial charge >= 0.3 is 0 Å². The van der Waals surface area contributed by atoms with Gasteiger partial charge in [-0.25, -0.2) is 0 Å². The quantitative estimate of drug-likeness (QED) is 0.355. The summed E-state index contributed by atoms with van der Waals surface area (Å²) in [6.45, 7) is 5.84. The van der Waals surface area contributed by atoms with Crippen LogP contribution < -0.4 is 15.4 Å². The van der Waals surface area contributed by atoms with Crippen molar-refractivity contribution in [3.8, 4) is 17.4 Å². The molecule has 0 saturated carbocycles. The molecule has 0 fully saturated rings. The Kier molecular flexibility index (Phi) is 5.61. The maximum Gasteiger partial charge on any atom is 0.236 e. The molecule has 3 rings (SSSR count). The van der Waals surface area contributed by atoms with E-state index in [0.29, 0.717) is 10.6 Å². The maximum absolute atomic E-state index is 10.0. The minimum absolute atomic E-state index is 0.0845. The lowest BCUT2D eigenvalue weighted by Crippen LogP contribution is -2.30. The molecule has 0 saturated heterocycles. The summed E-state index contributed by atoms with van der Waals surface area (Å²) in [5.74, 6) is 1.54. The van der Waals surface area contributed by atoms with Gasteiger partial charge in [-0.05, 0) is 68.2 Å². The first-order chi connectivity index (χ1) is 12.9. The summed E-state index contributed by atoms with van der Waals surface area (Å²) in [6, 6.07) is 15.4. The van der Waals surface area contributed by atoms with Gasteiger partial charge in [0.15, 0.2) is 0 Å². The zero-order valence-corrected chi connectivity index (χ0v) is 16.2. The van der Waals surface area contributed by atoms with Crippen LogP contribution in [0.5, 0.6) is 17.4 Å². The van der Waals surface area contributed by atoms with E-state index in [2.05, 4.69) is 15.0 Å². The minimum Gasteiger partial charge on any atom is -0.492 e. The van der Waals surface area contributed by atoms with Crippen LogP contribution in [0.1, 0.15) is 25.0 Å². The van der Waals surface area contributed by atoms with Gasteiger partial charge in [-0.15, -0.1) is 0 Å². The van der Waals surface area contributed by atoms with E-state index < -0.39 is 0 Å². The molecule has 0 atom stereocenters. The highest BCUT2D eigenvalue weighted by Crippen LogP contribution is 2.34. The summed E-state index contributed by atoms with van der Waals surface area (Å²) in [5.41, 5.74) is 2.17. The first kappa shape index (κ1) is 18.7. The molecule has 1 aromatic heterocycles. The average molecular weight is 382 g/mol. The number of ether oxygens (including phenoxy) is 1. The van der Waals surface area contributed by atoms with Crippen LogP contribution in [0, 0.1) is 12.3 Å². The van der Waals surface area contributed by atoms with Gasteiger partial charge in [0.1, 0.15) is 27.9 Å². The lowest BCUT2D eigenvalue weighted by atomic mass is 10.2. The summed E-state index contributed by atoms with van der Waals surface area (Å²) in [5, 5.41) is 25.0. The predicted octanol–water partition coefficient (Wildman–Crippen LogP) is 5.02. The highest BCUT2D eigenvalue weighted by Gasteiger charge is 2.19. The SMILES string of the molecule is Cc1cc(Nc2snc(O)c2C(=N)NC(C)C)ccc1Oc1ccccc1. The number of benzene rings is 2. The molecule has 27 heavy (non-hydrogen) atoms. The van der Waals surface area contributed by atoms with E-state index in [-0.39, 0.29) is 17.8 Å². The number of amidine groups is 1. The number of aromatic hydroxyl groups is 1. The molecule has 1 heterocycles. The maximum atomic E-state index is 10.0. The van der Waals surface area contributed by atoms with Crippen molar-refractivity contribution < 1.29 is 9.84 Å². The number of hydrogen-bond donors (Lipinski definition) is 4. The topological polar surface area (TPSA) is 90.3 Å². The Hall–Kier alpha value is -3.06. The van der Waals surface area contributed by atoms with Crippen molar-refractivity contribution in [1.82, 2.24) is 9.69 Å². The first-order valence-corrected chi connectivity index (χ1v) is 9.36. The van der Waals surface area contributed by atoms with Gasteiger partial charge in [0.2, 0.25) is 5.88 Å². The molecule has 0 aliphatic heterocycles. The van der Waals surface area contributed by atoms with E-state index in [4.69, 9.17) is 10.1 Å². The number of aromatic nitrogens is 1. The molecule has 0 unspecified atom stereocenters. The Morgan fingerprint density at radius 2 is 1.93 bits per heavy atom. The van der Waals surface area contributed by atoms with Gasteiger partial charge < -0.3 is 20.5 Å². The van der Waals surface area contributed by atoms with Gasteiger partial charge in [0, 0.05) is 11.7 Å². The zero-order valence-electron chi connectivity index (χ0n) is 15.4. The highest BCUT2D eigenvalue weighted by molar-refractivity contribution is 7.11. The monoisotopic (exact) mass is 382 g/mol. The number of anilines is 2. The van der Waals surface area contributed by atoms with E-state index >= 15 is 0 Å². The van der Waals surface area contributed by atoms with Crippen molar-refractivity contribution in [2.24, 2.45) is 0 Å². The van der Waals surface area contributed by atoms with Gasteiger partial charge in [0.05, 0.1) is 0 Å². The summed E-state index contributed by atoms with van der Waals surface area (Å²) in [4.78, 5) is 0. The molecule has 0 aliphatic carbocycles. The lowest BCUT2D eigenvalue weighted by Gasteiger charge is -2.13. The third-order valence-corrected chi connectivity index (χ3v) is 4.51. The molecule has 0 bridgehead atoms. The minimum atomic E-state index is -0.151. The first-order valence-electron chi connectivity index (χ1n) is 8.58. The van der Waals surface area contributed by atoms with E-state index in [0.717, 1.165) is 34.3 Å². The van der Waals surface area contributed by atoms with Crippen LogP contribution in [0.15, 0.2) is 48.5 Å². The van der Waals surface area contributed by atoms with Crippen LogP contribution in [0.3, 0.4) is 0 Å². The zero-order chi connectivity index (χ0) is 19.4. The van der Waals surface area contributed by atoms with Crippen molar-refractivity contribution in [2.45, 2.75) is 26.8 Å².